The van der Waals surface area contributed by atoms with Gasteiger partial charge < -0.3 is 15.2 Å². The number of rotatable bonds is 5. The number of benzene rings is 2. The minimum atomic E-state index is -0.600. The summed E-state index contributed by atoms with van der Waals surface area (Å²) in [7, 11) is 1.47. The van der Waals surface area contributed by atoms with E-state index in [0.717, 1.165) is 5.69 Å². The minimum absolute atomic E-state index is 0.246. The molecule has 2 heterocycles. The van der Waals surface area contributed by atoms with E-state index < -0.39 is 5.91 Å². The molecule has 2 aromatic heterocycles. The molecule has 2 N–H and O–H groups in total. The normalized spacial score (nSPS) is 10.8. The van der Waals surface area contributed by atoms with Gasteiger partial charge in [-0.05, 0) is 30.3 Å². The highest BCUT2D eigenvalue weighted by molar-refractivity contribution is 6.30. The van der Waals surface area contributed by atoms with E-state index in [1.807, 2.05) is 18.3 Å². The summed E-state index contributed by atoms with van der Waals surface area (Å²) in [5.41, 5.74) is 7.08. The molecular formula is C20H15ClN4O3. The summed E-state index contributed by atoms with van der Waals surface area (Å²) in [4.78, 5) is 16.1. The SMILES string of the molecule is COc1cc2nccc(Oc3cc(Cl)cc(-n4cccn4)c3)c2cc1C(N)=O. The molecule has 0 unspecified atom stereocenters. The van der Waals surface area contributed by atoms with Crippen LogP contribution in [0.4, 0.5) is 0 Å². The predicted molar refractivity (Wildman–Crippen MR) is 105 cm³/mol. The number of carbonyl (C=O) groups excluding carboxylic acids is 1. The number of hydrogen-bond donors (Lipinski definition) is 1. The third-order valence-corrected chi connectivity index (χ3v) is 4.36. The van der Waals surface area contributed by atoms with Crippen molar-refractivity contribution in [2.75, 3.05) is 7.11 Å². The van der Waals surface area contributed by atoms with Crippen molar-refractivity contribution >= 4 is 28.4 Å². The lowest BCUT2D eigenvalue weighted by atomic mass is 10.1. The molecule has 0 aliphatic rings. The Balaban J connectivity index is 1.80. The van der Waals surface area contributed by atoms with Crippen molar-refractivity contribution in [2.45, 2.75) is 0 Å². The number of nitrogens with two attached hydrogens (primary N) is 1. The monoisotopic (exact) mass is 394 g/mol. The largest absolute Gasteiger partial charge is 0.496 e. The average molecular weight is 395 g/mol. The summed E-state index contributed by atoms with van der Waals surface area (Å²) >= 11 is 6.25. The second kappa shape index (κ2) is 7.21. The molecule has 28 heavy (non-hydrogen) atoms. The van der Waals surface area contributed by atoms with E-state index in [9.17, 15) is 4.79 Å². The van der Waals surface area contributed by atoms with Crippen molar-refractivity contribution in [1.82, 2.24) is 14.8 Å². The van der Waals surface area contributed by atoms with Crippen LogP contribution in [0.25, 0.3) is 16.6 Å². The van der Waals surface area contributed by atoms with Crippen LogP contribution in [-0.4, -0.2) is 27.8 Å². The first kappa shape index (κ1) is 17.8. The van der Waals surface area contributed by atoms with Gasteiger partial charge in [-0.25, -0.2) is 4.68 Å². The number of carbonyl (C=O) groups is 1. The highest BCUT2D eigenvalue weighted by atomic mass is 35.5. The van der Waals surface area contributed by atoms with Gasteiger partial charge in [0.1, 0.15) is 17.2 Å². The summed E-state index contributed by atoms with van der Waals surface area (Å²) < 4.78 is 13.0. The van der Waals surface area contributed by atoms with Crippen molar-refractivity contribution < 1.29 is 14.3 Å². The molecule has 0 saturated heterocycles. The van der Waals surface area contributed by atoms with Gasteiger partial charge in [-0.1, -0.05) is 11.6 Å². The molecule has 140 valence electrons. The molecular weight excluding hydrogens is 380 g/mol. The van der Waals surface area contributed by atoms with Crippen molar-refractivity contribution in [3.8, 4) is 22.9 Å². The summed E-state index contributed by atoms with van der Waals surface area (Å²) in [6.45, 7) is 0. The number of fused-ring (bicyclic) bond motifs is 1. The van der Waals surface area contributed by atoms with E-state index >= 15 is 0 Å². The first-order valence-electron chi connectivity index (χ1n) is 8.30. The summed E-state index contributed by atoms with van der Waals surface area (Å²) in [5.74, 6) is 0.774. The van der Waals surface area contributed by atoms with Gasteiger partial charge in [0, 0.05) is 41.1 Å². The fraction of sp³-hybridized carbons (Fsp3) is 0.0500. The smallest absolute Gasteiger partial charge is 0.252 e. The zero-order valence-electron chi connectivity index (χ0n) is 14.8. The molecule has 4 aromatic rings. The molecule has 8 heteroatoms. The molecule has 0 bridgehead atoms. The maximum atomic E-state index is 11.8. The van der Waals surface area contributed by atoms with Crippen LogP contribution in [0, 0.1) is 0 Å². The predicted octanol–water partition coefficient (Wildman–Crippen LogP) is 3.97. The number of halogens is 1. The van der Waals surface area contributed by atoms with Crippen molar-refractivity contribution in [2.24, 2.45) is 5.73 Å². The molecule has 0 radical (unpaired) electrons. The molecule has 4 rings (SSSR count). The fourth-order valence-electron chi connectivity index (χ4n) is 2.89. The number of methoxy groups -OCH3 is 1. The Labute approximate surface area is 165 Å². The quantitative estimate of drug-likeness (QED) is 0.552. The Kier molecular flexibility index (Phi) is 4.58. The Morgan fingerprint density at radius 1 is 1.14 bits per heavy atom. The van der Waals surface area contributed by atoms with Crippen LogP contribution in [0.2, 0.25) is 5.02 Å². The maximum absolute atomic E-state index is 11.8. The van der Waals surface area contributed by atoms with E-state index in [1.165, 1.54) is 7.11 Å². The van der Waals surface area contributed by atoms with Crippen molar-refractivity contribution in [3.63, 3.8) is 0 Å². The lowest BCUT2D eigenvalue weighted by Crippen LogP contribution is -2.12. The van der Waals surface area contributed by atoms with Crippen LogP contribution >= 0.6 is 11.6 Å². The number of ether oxygens (including phenoxy) is 2. The number of amides is 1. The third kappa shape index (κ3) is 3.35. The van der Waals surface area contributed by atoms with E-state index in [4.69, 9.17) is 26.8 Å². The zero-order valence-corrected chi connectivity index (χ0v) is 15.6. The molecule has 0 aliphatic carbocycles. The number of primary amides is 1. The van der Waals surface area contributed by atoms with Gasteiger partial charge >= 0.3 is 0 Å². The highest BCUT2D eigenvalue weighted by Gasteiger charge is 2.15. The molecule has 0 spiro atoms. The lowest BCUT2D eigenvalue weighted by Gasteiger charge is -2.13. The molecule has 7 nitrogen and oxygen atoms in total. The van der Waals surface area contributed by atoms with Crippen LogP contribution in [0.1, 0.15) is 10.4 Å². The second-order valence-electron chi connectivity index (χ2n) is 5.94. The number of pyridine rings is 1. The molecule has 2 aromatic carbocycles. The second-order valence-corrected chi connectivity index (χ2v) is 6.38. The van der Waals surface area contributed by atoms with Crippen LogP contribution in [0.15, 0.2) is 61.1 Å². The van der Waals surface area contributed by atoms with Crippen LogP contribution in [0.5, 0.6) is 17.2 Å². The van der Waals surface area contributed by atoms with Gasteiger partial charge in [0.15, 0.2) is 0 Å². The first-order chi connectivity index (χ1) is 13.5. The Bertz CT molecular complexity index is 1180. The zero-order chi connectivity index (χ0) is 19.7. The highest BCUT2D eigenvalue weighted by Crippen LogP contribution is 2.34. The molecule has 0 atom stereocenters. The first-order valence-corrected chi connectivity index (χ1v) is 8.68. The third-order valence-electron chi connectivity index (χ3n) is 4.14. The van der Waals surface area contributed by atoms with Gasteiger partial charge in [-0.3, -0.25) is 9.78 Å². The number of aromatic nitrogens is 3. The lowest BCUT2D eigenvalue weighted by molar-refractivity contribution is 0.0997. The van der Waals surface area contributed by atoms with E-state index in [0.29, 0.717) is 33.2 Å². The van der Waals surface area contributed by atoms with E-state index in [1.54, 1.807) is 47.4 Å². The fourth-order valence-corrected chi connectivity index (χ4v) is 3.11. The summed E-state index contributed by atoms with van der Waals surface area (Å²) in [5, 5.41) is 5.33. The number of nitrogens with zero attached hydrogens (tertiary/aromatic N) is 3. The van der Waals surface area contributed by atoms with Crippen molar-refractivity contribution in [1.29, 1.82) is 0 Å². The Morgan fingerprint density at radius 2 is 2.00 bits per heavy atom. The van der Waals surface area contributed by atoms with E-state index in [2.05, 4.69) is 10.1 Å². The summed E-state index contributed by atoms with van der Waals surface area (Å²) in [6, 6.07) is 12.1. The summed E-state index contributed by atoms with van der Waals surface area (Å²) in [6.07, 6.45) is 5.10. The average Bonchev–Trinajstić information content (AvgIpc) is 3.21. The van der Waals surface area contributed by atoms with Crippen LogP contribution < -0.4 is 15.2 Å². The van der Waals surface area contributed by atoms with Crippen LogP contribution in [0.3, 0.4) is 0 Å². The topological polar surface area (TPSA) is 92.3 Å². The molecule has 0 aliphatic heterocycles. The van der Waals surface area contributed by atoms with Crippen molar-refractivity contribution in [3.05, 3.63) is 71.6 Å². The molecule has 1 amide bonds. The van der Waals surface area contributed by atoms with Gasteiger partial charge in [0.05, 0.1) is 23.9 Å². The van der Waals surface area contributed by atoms with Crippen LogP contribution in [-0.2, 0) is 0 Å². The van der Waals surface area contributed by atoms with Gasteiger partial charge in [-0.15, -0.1) is 0 Å². The van der Waals surface area contributed by atoms with Gasteiger partial charge in [-0.2, -0.15) is 5.10 Å². The molecule has 0 saturated carbocycles. The number of hydrogen-bond acceptors (Lipinski definition) is 5. The van der Waals surface area contributed by atoms with Gasteiger partial charge in [0.2, 0.25) is 0 Å². The Morgan fingerprint density at radius 3 is 2.71 bits per heavy atom. The maximum Gasteiger partial charge on any atom is 0.252 e. The minimum Gasteiger partial charge on any atom is -0.496 e. The Hall–Kier alpha value is -3.58. The standard InChI is InChI=1S/C20H15ClN4O3/c1-27-19-11-17-15(10-16(19)20(22)26)18(3-5-23-17)28-14-8-12(21)7-13(9-14)25-6-2-4-24-25/h2-11H,1H3,(H2,22,26). The molecule has 0 fully saturated rings. The van der Waals surface area contributed by atoms with E-state index in [-0.39, 0.29) is 5.56 Å². The van der Waals surface area contributed by atoms with Gasteiger partial charge in [0.25, 0.3) is 5.91 Å².